The molecule has 6 nitrogen and oxygen atoms in total. The summed E-state index contributed by atoms with van der Waals surface area (Å²) in [5.74, 6) is -0.893. The molecular formula is C15H21NO5. The Morgan fingerprint density at radius 2 is 2.00 bits per heavy atom. The molecule has 0 heterocycles. The SMILES string of the molecule is COCCNC(=O)[C@@H](C)OC(=O)c1cccc(COC)c1. The predicted molar refractivity (Wildman–Crippen MR) is 76.9 cm³/mol. The van der Waals surface area contributed by atoms with Gasteiger partial charge in [0.25, 0.3) is 5.91 Å². The monoisotopic (exact) mass is 295 g/mol. The van der Waals surface area contributed by atoms with Gasteiger partial charge in [0.05, 0.1) is 18.8 Å². The van der Waals surface area contributed by atoms with Gasteiger partial charge in [-0.2, -0.15) is 0 Å². The summed E-state index contributed by atoms with van der Waals surface area (Å²) in [5.41, 5.74) is 1.25. The molecule has 0 saturated carbocycles. The van der Waals surface area contributed by atoms with Crippen LogP contribution >= 0.6 is 0 Å². The molecule has 1 aromatic carbocycles. The van der Waals surface area contributed by atoms with Gasteiger partial charge in [0.1, 0.15) is 0 Å². The van der Waals surface area contributed by atoms with E-state index in [1.165, 1.54) is 6.92 Å². The van der Waals surface area contributed by atoms with Crippen LogP contribution in [-0.2, 0) is 25.6 Å². The summed E-state index contributed by atoms with van der Waals surface area (Å²) in [7, 11) is 3.13. The highest BCUT2D eigenvalue weighted by Crippen LogP contribution is 2.09. The van der Waals surface area contributed by atoms with Gasteiger partial charge in [-0.3, -0.25) is 4.79 Å². The van der Waals surface area contributed by atoms with E-state index in [0.717, 1.165) is 5.56 Å². The molecule has 0 aliphatic heterocycles. The standard InChI is InChI=1S/C15H21NO5/c1-11(14(17)16-7-8-19-2)21-15(18)13-6-4-5-12(9-13)10-20-3/h4-6,9,11H,7-8,10H2,1-3H3,(H,16,17)/t11-/m1/s1. The third-order valence-corrected chi connectivity index (χ3v) is 2.73. The van der Waals surface area contributed by atoms with Gasteiger partial charge in [-0.1, -0.05) is 12.1 Å². The second-order valence-corrected chi connectivity index (χ2v) is 4.46. The summed E-state index contributed by atoms with van der Waals surface area (Å²) in [4.78, 5) is 23.7. The Balaban J connectivity index is 2.55. The van der Waals surface area contributed by atoms with Gasteiger partial charge in [-0.25, -0.2) is 4.79 Å². The fraction of sp³-hybridized carbons (Fsp3) is 0.467. The van der Waals surface area contributed by atoms with Crippen molar-refractivity contribution in [1.29, 1.82) is 0 Å². The predicted octanol–water partition coefficient (Wildman–Crippen LogP) is 1.14. The normalized spacial score (nSPS) is 11.8. The maximum Gasteiger partial charge on any atom is 0.338 e. The number of ether oxygens (including phenoxy) is 3. The Morgan fingerprint density at radius 1 is 1.24 bits per heavy atom. The van der Waals surface area contributed by atoms with Crippen molar-refractivity contribution in [3.05, 3.63) is 35.4 Å². The number of carbonyl (C=O) groups is 2. The molecule has 0 fully saturated rings. The molecule has 0 radical (unpaired) electrons. The zero-order chi connectivity index (χ0) is 15.7. The highest BCUT2D eigenvalue weighted by Gasteiger charge is 2.18. The summed E-state index contributed by atoms with van der Waals surface area (Å²) in [6.45, 7) is 2.72. The van der Waals surface area contributed by atoms with Gasteiger partial charge in [0.15, 0.2) is 6.10 Å². The van der Waals surface area contributed by atoms with Crippen LogP contribution in [-0.4, -0.2) is 45.4 Å². The molecule has 6 heteroatoms. The van der Waals surface area contributed by atoms with Gasteiger partial charge in [-0.15, -0.1) is 0 Å². The van der Waals surface area contributed by atoms with Crippen molar-refractivity contribution in [3.63, 3.8) is 0 Å². The first kappa shape index (κ1) is 17.1. The Bertz CT molecular complexity index is 475. The number of carbonyl (C=O) groups excluding carboxylic acids is 2. The van der Waals surface area contributed by atoms with Crippen molar-refractivity contribution in [3.8, 4) is 0 Å². The molecule has 1 rings (SSSR count). The van der Waals surface area contributed by atoms with Gasteiger partial charge >= 0.3 is 5.97 Å². The van der Waals surface area contributed by atoms with E-state index >= 15 is 0 Å². The highest BCUT2D eigenvalue weighted by molar-refractivity contribution is 5.92. The molecular weight excluding hydrogens is 274 g/mol. The lowest BCUT2D eigenvalue weighted by Gasteiger charge is -2.13. The lowest BCUT2D eigenvalue weighted by molar-refractivity contribution is -0.129. The quantitative estimate of drug-likeness (QED) is 0.575. The van der Waals surface area contributed by atoms with E-state index in [4.69, 9.17) is 14.2 Å². The molecule has 1 N–H and O–H groups in total. The summed E-state index contributed by atoms with van der Waals surface area (Å²) >= 11 is 0. The second-order valence-electron chi connectivity index (χ2n) is 4.46. The fourth-order valence-electron chi connectivity index (χ4n) is 1.66. The number of nitrogens with one attached hydrogen (secondary N) is 1. The van der Waals surface area contributed by atoms with Gasteiger partial charge in [0.2, 0.25) is 0 Å². The topological polar surface area (TPSA) is 73.9 Å². The first-order chi connectivity index (χ1) is 10.1. The summed E-state index contributed by atoms with van der Waals surface area (Å²) in [5, 5.41) is 2.61. The molecule has 0 aliphatic carbocycles. The Kier molecular flexibility index (Phi) is 7.42. The lowest BCUT2D eigenvalue weighted by atomic mass is 10.1. The van der Waals surface area contributed by atoms with Crippen molar-refractivity contribution < 1.29 is 23.8 Å². The second kappa shape index (κ2) is 9.10. The minimum atomic E-state index is -0.861. The Morgan fingerprint density at radius 3 is 2.67 bits per heavy atom. The summed E-state index contributed by atoms with van der Waals surface area (Å²) in [6, 6.07) is 6.91. The average Bonchev–Trinajstić information content (AvgIpc) is 2.48. The molecule has 1 amide bonds. The van der Waals surface area contributed by atoms with E-state index in [9.17, 15) is 9.59 Å². The molecule has 0 bridgehead atoms. The molecule has 0 aliphatic rings. The third kappa shape index (κ3) is 5.93. The van der Waals surface area contributed by atoms with Crippen LogP contribution in [0.3, 0.4) is 0 Å². The van der Waals surface area contributed by atoms with Crippen molar-refractivity contribution in [2.75, 3.05) is 27.4 Å². The van der Waals surface area contributed by atoms with Crippen LogP contribution in [0, 0.1) is 0 Å². The smallest absolute Gasteiger partial charge is 0.338 e. The maximum atomic E-state index is 12.0. The number of rotatable bonds is 8. The molecule has 116 valence electrons. The van der Waals surface area contributed by atoms with E-state index in [0.29, 0.717) is 25.3 Å². The average molecular weight is 295 g/mol. The van der Waals surface area contributed by atoms with E-state index in [1.54, 1.807) is 32.4 Å². The summed E-state index contributed by atoms with van der Waals surface area (Å²) < 4.78 is 15.0. The van der Waals surface area contributed by atoms with Crippen molar-refractivity contribution >= 4 is 11.9 Å². The van der Waals surface area contributed by atoms with E-state index in [2.05, 4.69) is 5.32 Å². The molecule has 0 spiro atoms. The van der Waals surface area contributed by atoms with E-state index < -0.39 is 12.1 Å². The maximum absolute atomic E-state index is 12.0. The minimum absolute atomic E-state index is 0.353. The van der Waals surface area contributed by atoms with Gasteiger partial charge in [-0.05, 0) is 24.6 Å². The lowest BCUT2D eigenvalue weighted by Crippen LogP contribution is -2.37. The molecule has 0 unspecified atom stereocenters. The van der Waals surface area contributed by atoms with Crippen LogP contribution in [0.1, 0.15) is 22.8 Å². The van der Waals surface area contributed by atoms with E-state index in [1.807, 2.05) is 6.07 Å². The summed E-state index contributed by atoms with van der Waals surface area (Å²) in [6.07, 6.45) is -0.861. The minimum Gasteiger partial charge on any atom is -0.449 e. The van der Waals surface area contributed by atoms with Crippen LogP contribution in [0.5, 0.6) is 0 Å². The Labute approximate surface area is 124 Å². The third-order valence-electron chi connectivity index (χ3n) is 2.73. The number of amides is 1. The van der Waals surface area contributed by atoms with Crippen LogP contribution in [0.2, 0.25) is 0 Å². The molecule has 1 aromatic rings. The fourth-order valence-corrected chi connectivity index (χ4v) is 1.66. The van der Waals surface area contributed by atoms with Crippen LogP contribution in [0.4, 0.5) is 0 Å². The van der Waals surface area contributed by atoms with Crippen molar-refractivity contribution in [2.45, 2.75) is 19.6 Å². The van der Waals surface area contributed by atoms with Crippen LogP contribution in [0.15, 0.2) is 24.3 Å². The number of hydrogen-bond acceptors (Lipinski definition) is 5. The number of hydrogen-bond donors (Lipinski definition) is 1. The molecule has 0 saturated heterocycles. The molecule has 21 heavy (non-hydrogen) atoms. The largest absolute Gasteiger partial charge is 0.449 e. The Hall–Kier alpha value is -1.92. The molecule has 0 aromatic heterocycles. The van der Waals surface area contributed by atoms with Crippen LogP contribution in [0.25, 0.3) is 0 Å². The number of methoxy groups -OCH3 is 2. The van der Waals surface area contributed by atoms with Crippen molar-refractivity contribution in [2.24, 2.45) is 0 Å². The van der Waals surface area contributed by atoms with Gasteiger partial charge < -0.3 is 19.5 Å². The van der Waals surface area contributed by atoms with Gasteiger partial charge in [0, 0.05) is 20.8 Å². The number of esters is 1. The first-order valence-corrected chi connectivity index (χ1v) is 6.64. The van der Waals surface area contributed by atoms with Crippen molar-refractivity contribution in [1.82, 2.24) is 5.32 Å². The zero-order valence-electron chi connectivity index (χ0n) is 12.5. The zero-order valence-corrected chi connectivity index (χ0v) is 12.5. The van der Waals surface area contributed by atoms with E-state index in [-0.39, 0.29) is 5.91 Å². The first-order valence-electron chi connectivity index (χ1n) is 6.64. The highest BCUT2D eigenvalue weighted by atomic mass is 16.5. The molecule has 1 atom stereocenters. The number of benzene rings is 1. The van der Waals surface area contributed by atoms with Crippen LogP contribution < -0.4 is 5.32 Å².